The lowest BCUT2D eigenvalue weighted by atomic mass is 10.0. The summed E-state index contributed by atoms with van der Waals surface area (Å²) in [4.78, 5) is 28.4. The molecule has 1 aliphatic rings. The van der Waals surface area contributed by atoms with Gasteiger partial charge >= 0.3 is 11.8 Å². The van der Waals surface area contributed by atoms with Gasteiger partial charge in [-0.05, 0) is 46.1 Å². The highest BCUT2D eigenvalue weighted by atomic mass is 32.2. The molecule has 0 radical (unpaired) electrons. The minimum Gasteiger partial charge on any atom is -0.444 e. The molecule has 0 bridgehead atoms. The predicted octanol–water partition coefficient (Wildman–Crippen LogP) is 2.89. The zero-order valence-corrected chi connectivity index (χ0v) is 15.5. The molecule has 25 heavy (non-hydrogen) atoms. The van der Waals surface area contributed by atoms with Gasteiger partial charge < -0.3 is 9.64 Å². The first-order valence-electron chi connectivity index (χ1n) is 8.16. The molecular weight excluding hydrogens is 346 g/mol. The Hall–Kier alpha value is -2.03. The number of rotatable bonds is 4. The fourth-order valence-electron chi connectivity index (χ4n) is 2.69. The van der Waals surface area contributed by atoms with E-state index in [9.17, 15) is 19.1 Å². The number of carbonyl (C=O) groups is 1. The zero-order valence-electron chi connectivity index (χ0n) is 14.6. The van der Waals surface area contributed by atoms with Gasteiger partial charge in [0.05, 0.1) is 21.5 Å². The van der Waals surface area contributed by atoms with Gasteiger partial charge in [-0.15, -0.1) is 0 Å². The number of hydrogen-bond donors (Lipinski definition) is 0. The maximum absolute atomic E-state index is 12.7. The Balaban J connectivity index is 2.15. The molecule has 0 N–H and O–H groups in total. The van der Waals surface area contributed by atoms with E-state index in [1.807, 2.05) is 0 Å². The molecule has 1 amide bonds. The molecule has 0 saturated carbocycles. The van der Waals surface area contributed by atoms with Crippen molar-refractivity contribution >= 4 is 22.6 Å². The number of piperidine rings is 1. The molecule has 1 aromatic rings. The van der Waals surface area contributed by atoms with Gasteiger partial charge in [-0.2, -0.15) is 0 Å². The first-order valence-corrected chi connectivity index (χ1v) is 9.48. The summed E-state index contributed by atoms with van der Waals surface area (Å²) in [6, 6.07) is 2.44. The Morgan fingerprint density at radius 3 is 2.84 bits per heavy atom. The van der Waals surface area contributed by atoms with E-state index in [4.69, 9.17) is 4.74 Å². The summed E-state index contributed by atoms with van der Waals surface area (Å²) in [5, 5.41) is 11.0. The van der Waals surface area contributed by atoms with Crippen molar-refractivity contribution < 1.29 is 18.7 Å². The molecule has 9 heteroatoms. The Labute approximate surface area is 149 Å². The van der Waals surface area contributed by atoms with Crippen molar-refractivity contribution in [1.82, 2.24) is 9.88 Å². The highest BCUT2D eigenvalue weighted by Crippen LogP contribution is 2.25. The third-order valence-electron chi connectivity index (χ3n) is 3.76. The standard InChI is InChI=1S/C16H23N3O5S/c1-16(2,3)24-15(20)18-10-5-4-7-12(18)11-25(23)14-13(19(21)22)8-6-9-17-14/h6,8-9,12H,4-5,7,10-11H2,1-3H3/t12-,25-/m0/s1. The van der Waals surface area contributed by atoms with Crippen LogP contribution in [0.2, 0.25) is 0 Å². The molecule has 1 saturated heterocycles. The van der Waals surface area contributed by atoms with E-state index in [1.165, 1.54) is 18.3 Å². The summed E-state index contributed by atoms with van der Waals surface area (Å²) < 4.78 is 18.1. The molecule has 0 unspecified atom stereocenters. The maximum Gasteiger partial charge on any atom is 0.410 e. The molecule has 1 aliphatic heterocycles. The highest BCUT2D eigenvalue weighted by molar-refractivity contribution is 7.85. The molecule has 0 aliphatic carbocycles. The molecule has 138 valence electrons. The molecular formula is C16H23N3O5S. The normalized spacial score (nSPS) is 19.3. The van der Waals surface area contributed by atoms with Crippen molar-refractivity contribution in [3.05, 3.63) is 28.4 Å². The van der Waals surface area contributed by atoms with Crippen LogP contribution in [0.15, 0.2) is 23.4 Å². The number of hydrogen-bond acceptors (Lipinski definition) is 6. The van der Waals surface area contributed by atoms with Crippen LogP contribution in [0.3, 0.4) is 0 Å². The largest absolute Gasteiger partial charge is 0.444 e. The van der Waals surface area contributed by atoms with Crippen LogP contribution in [0.4, 0.5) is 10.5 Å². The first kappa shape index (κ1) is 19.3. The van der Waals surface area contributed by atoms with Gasteiger partial charge in [0.1, 0.15) is 5.60 Å². The minimum absolute atomic E-state index is 0.0535. The minimum atomic E-state index is -1.68. The monoisotopic (exact) mass is 369 g/mol. The van der Waals surface area contributed by atoms with E-state index in [0.717, 1.165) is 12.8 Å². The van der Waals surface area contributed by atoms with Crippen molar-refractivity contribution in [3.63, 3.8) is 0 Å². The molecule has 2 atom stereocenters. The lowest BCUT2D eigenvalue weighted by Gasteiger charge is -2.36. The van der Waals surface area contributed by atoms with Crippen molar-refractivity contribution in [2.24, 2.45) is 0 Å². The van der Waals surface area contributed by atoms with E-state index >= 15 is 0 Å². The van der Waals surface area contributed by atoms with Crippen LogP contribution >= 0.6 is 0 Å². The first-order chi connectivity index (χ1) is 11.7. The van der Waals surface area contributed by atoms with E-state index in [-0.39, 0.29) is 22.5 Å². The van der Waals surface area contributed by atoms with E-state index < -0.39 is 27.4 Å². The van der Waals surface area contributed by atoms with E-state index in [0.29, 0.717) is 13.0 Å². The Bertz CT molecular complexity index is 674. The summed E-state index contributed by atoms with van der Waals surface area (Å²) in [5.74, 6) is 0.108. The molecule has 1 aromatic heterocycles. The van der Waals surface area contributed by atoms with Crippen LogP contribution in [0.5, 0.6) is 0 Å². The van der Waals surface area contributed by atoms with Gasteiger partial charge in [-0.1, -0.05) is 0 Å². The third kappa shape index (κ3) is 5.22. The van der Waals surface area contributed by atoms with E-state index in [2.05, 4.69) is 4.98 Å². The van der Waals surface area contributed by atoms with Crippen molar-refractivity contribution in [1.29, 1.82) is 0 Å². The summed E-state index contributed by atoms with van der Waals surface area (Å²) in [7, 11) is -1.68. The van der Waals surface area contributed by atoms with Crippen LogP contribution in [-0.4, -0.2) is 49.0 Å². The maximum atomic E-state index is 12.7. The second-order valence-electron chi connectivity index (χ2n) is 6.92. The van der Waals surface area contributed by atoms with Gasteiger partial charge in [0.15, 0.2) is 0 Å². The fraction of sp³-hybridized carbons (Fsp3) is 0.625. The summed E-state index contributed by atoms with van der Waals surface area (Å²) in [6.07, 6.45) is 3.39. The number of pyridine rings is 1. The van der Waals surface area contributed by atoms with Crippen LogP contribution in [0.25, 0.3) is 0 Å². The molecule has 1 fully saturated rings. The van der Waals surface area contributed by atoms with Crippen LogP contribution < -0.4 is 0 Å². The second-order valence-corrected chi connectivity index (χ2v) is 8.33. The number of nitrogens with zero attached hydrogens (tertiary/aromatic N) is 3. The summed E-state index contributed by atoms with van der Waals surface area (Å²) >= 11 is 0. The lowest BCUT2D eigenvalue weighted by Crippen LogP contribution is -2.48. The van der Waals surface area contributed by atoms with Crippen LogP contribution in [0.1, 0.15) is 40.0 Å². The molecule has 8 nitrogen and oxygen atoms in total. The van der Waals surface area contributed by atoms with Crippen molar-refractivity contribution in [3.8, 4) is 0 Å². The molecule has 0 spiro atoms. The summed E-state index contributed by atoms with van der Waals surface area (Å²) in [6.45, 7) is 5.90. The zero-order chi connectivity index (χ0) is 18.6. The van der Waals surface area contributed by atoms with E-state index in [1.54, 1.807) is 25.7 Å². The Morgan fingerprint density at radius 1 is 1.48 bits per heavy atom. The van der Waals surface area contributed by atoms with Crippen LogP contribution in [-0.2, 0) is 15.5 Å². The number of carbonyl (C=O) groups excluding carboxylic acids is 1. The van der Waals surface area contributed by atoms with Gasteiger partial charge in [-0.3, -0.25) is 14.3 Å². The number of likely N-dealkylation sites (tertiary alicyclic amines) is 1. The Kier molecular flexibility index (Phi) is 6.10. The van der Waals surface area contributed by atoms with Gasteiger partial charge in [0, 0.05) is 24.8 Å². The number of amides is 1. The van der Waals surface area contributed by atoms with Crippen LogP contribution in [0, 0.1) is 10.1 Å². The topological polar surface area (TPSA) is 103 Å². The van der Waals surface area contributed by atoms with Crippen molar-refractivity contribution in [2.75, 3.05) is 12.3 Å². The smallest absolute Gasteiger partial charge is 0.410 e. The molecule has 2 rings (SSSR count). The quantitative estimate of drug-likeness (QED) is 0.597. The van der Waals surface area contributed by atoms with Crippen molar-refractivity contribution in [2.45, 2.75) is 56.7 Å². The number of ether oxygens (including phenoxy) is 1. The Morgan fingerprint density at radius 2 is 2.20 bits per heavy atom. The second kappa shape index (κ2) is 7.90. The SMILES string of the molecule is CC(C)(C)OC(=O)N1CCCC[C@H]1C[S@](=O)c1ncccc1[N+](=O)[O-]. The fourth-order valence-corrected chi connectivity index (χ4v) is 4.09. The number of nitro groups is 1. The van der Waals surface area contributed by atoms with Gasteiger partial charge in [0.2, 0.25) is 5.03 Å². The lowest BCUT2D eigenvalue weighted by molar-refractivity contribution is -0.388. The van der Waals surface area contributed by atoms with Gasteiger partial charge in [0.25, 0.3) is 0 Å². The predicted molar refractivity (Wildman–Crippen MR) is 92.7 cm³/mol. The highest BCUT2D eigenvalue weighted by Gasteiger charge is 2.33. The molecule has 0 aromatic carbocycles. The summed E-state index contributed by atoms with van der Waals surface area (Å²) in [5.41, 5.74) is -0.877. The van der Waals surface area contributed by atoms with Gasteiger partial charge in [-0.25, -0.2) is 9.78 Å². The average Bonchev–Trinajstić information content (AvgIpc) is 2.53. The third-order valence-corrected chi connectivity index (χ3v) is 5.20. The average molecular weight is 369 g/mol. The number of aromatic nitrogens is 1. The molecule has 2 heterocycles.